The van der Waals surface area contributed by atoms with Crippen molar-refractivity contribution >= 4 is 5.91 Å². The third-order valence-electron chi connectivity index (χ3n) is 3.70. The minimum atomic E-state index is -0.126. The maximum absolute atomic E-state index is 11.8. The SMILES string of the molecule is O=C(CC1CCCC1)NCc1ccc(C#CCO)cc1. The average Bonchev–Trinajstić information content (AvgIpc) is 2.97. The maximum atomic E-state index is 11.8. The molecule has 3 nitrogen and oxygen atoms in total. The summed E-state index contributed by atoms with van der Waals surface area (Å²) in [6.45, 7) is 0.443. The first-order chi connectivity index (χ1) is 9.78. The van der Waals surface area contributed by atoms with Gasteiger partial charge < -0.3 is 10.4 Å². The lowest BCUT2D eigenvalue weighted by molar-refractivity contribution is -0.122. The van der Waals surface area contributed by atoms with Gasteiger partial charge in [0.1, 0.15) is 6.61 Å². The van der Waals surface area contributed by atoms with Crippen molar-refractivity contribution in [2.75, 3.05) is 6.61 Å². The fourth-order valence-corrected chi connectivity index (χ4v) is 2.60. The van der Waals surface area contributed by atoms with Crippen LogP contribution < -0.4 is 5.32 Å². The first-order valence-corrected chi connectivity index (χ1v) is 7.23. The van der Waals surface area contributed by atoms with Crippen molar-refractivity contribution in [3.63, 3.8) is 0 Å². The summed E-state index contributed by atoms with van der Waals surface area (Å²) in [6, 6.07) is 7.72. The largest absolute Gasteiger partial charge is 0.384 e. The number of nitrogens with one attached hydrogen (secondary N) is 1. The molecule has 0 heterocycles. The number of amides is 1. The Kier molecular flexibility index (Phi) is 5.64. The highest BCUT2D eigenvalue weighted by molar-refractivity contribution is 5.76. The average molecular weight is 271 g/mol. The van der Waals surface area contributed by atoms with Gasteiger partial charge in [-0.1, -0.05) is 36.8 Å². The third-order valence-corrected chi connectivity index (χ3v) is 3.70. The number of hydrogen-bond acceptors (Lipinski definition) is 2. The number of benzene rings is 1. The molecular weight excluding hydrogens is 250 g/mol. The van der Waals surface area contributed by atoms with E-state index >= 15 is 0 Å². The van der Waals surface area contributed by atoms with Gasteiger partial charge in [0.25, 0.3) is 0 Å². The molecule has 1 amide bonds. The van der Waals surface area contributed by atoms with Gasteiger partial charge in [-0.15, -0.1) is 0 Å². The van der Waals surface area contributed by atoms with Gasteiger partial charge in [0.05, 0.1) is 0 Å². The van der Waals surface area contributed by atoms with E-state index in [4.69, 9.17) is 5.11 Å². The second-order valence-electron chi connectivity index (χ2n) is 5.29. The van der Waals surface area contributed by atoms with Gasteiger partial charge in [-0.2, -0.15) is 0 Å². The second-order valence-corrected chi connectivity index (χ2v) is 5.29. The highest BCUT2D eigenvalue weighted by atomic mass is 16.2. The number of hydrogen-bond donors (Lipinski definition) is 2. The standard InChI is InChI=1S/C17H21NO2/c19-11-3-6-14-7-9-16(10-8-14)13-18-17(20)12-15-4-1-2-5-15/h7-10,15,19H,1-2,4-5,11-13H2,(H,18,20). The van der Waals surface area contributed by atoms with E-state index in [9.17, 15) is 4.79 Å². The second kappa shape index (κ2) is 7.72. The predicted molar refractivity (Wildman–Crippen MR) is 78.8 cm³/mol. The zero-order valence-corrected chi connectivity index (χ0v) is 11.7. The molecule has 1 aromatic rings. The van der Waals surface area contributed by atoms with E-state index in [1.165, 1.54) is 25.7 Å². The van der Waals surface area contributed by atoms with Gasteiger partial charge in [0.2, 0.25) is 5.91 Å². The van der Waals surface area contributed by atoms with E-state index in [-0.39, 0.29) is 12.5 Å². The van der Waals surface area contributed by atoms with Crippen LogP contribution in [0.5, 0.6) is 0 Å². The van der Waals surface area contributed by atoms with Crippen LogP contribution in [0, 0.1) is 17.8 Å². The molecule has 2 N–H and O–H groups in total. The van der Waals surface area contributed by atoms with Crippen LogP contribution in [-0.4, -0.2) is 17.6 Å². The molecule has 0 radical (unpaired) electrons. The summed E-state index contributed by atoms with van der Waals surface area (Å²) in [5.74, 6) is 6.20. The molecule has 1 saturated carbocycles. The van der Waals surface area contributed by atoms with Gasteiger partial charge in [-0.3, -0.25) is 4.79 Å². The zero-order valence-electron chi connectivity index (χ0n) is 11.7. The molecule has 1 aliphatic carbocycles. The van der Waals surface area contributed by atoms with Crippen LogP contribution in [0.2, 0.25) is 0 Å². The Morgan fingerprint density at radius 2 is 1.95 bits per heavy atom. The lowest BCUT2D eigenvalue weighted by atomic mass is 10.0. The molecule has 1 fully saturated rings. The summed E-state index contributed by atoms with van der Waals surface area (Å²) in [4.78, 5) is 11.8. The van der Waals surface area contributed by atoms with Crippen LogP contribution in [0.25, 0.3) is 0 Å². The minimum Gasteiger partial charge on any atom is -0.384 e. The highest BCUT2D eigenvalue weighted by Gasteiger charge is 2.17. The molecule has 1 aliphatic rings. The Balaban J connectivity index is 1.76. The molecule has 0 aliphatic heterocycles. The molecular formula is C17H21NO2. The Labute approximate surface area is 120 Å². The zero-order chi connectivity index (χ0) is 14.2. The highest BCUT2D eigenvalue weighted by Crippen LogP contribution is 2.27. The third kappa shape index (κ3) is 4.71. The van der Waals surface area contributed by atoms with Crippen LogP contribution in [0.3, 0.4) is 0 Å². The Hall–Kier alpha value is -1.79. The quantitative estimate of drug-likeness (QED) is 0.825. The number of rotatable bonds is 4. The van der Waals surface area contributed by atoms with Crippen molar-refractivity contribution in [1.29, 1.82) is 0 Å². The van der Waals surface area contributed by atoms with Gasteiger partial charge in [0, 0.05) is 18.5 Å². The first-order valence-electron chi connectivity index (χ1n) is 7.23. The monoisotopic (exact) mass is 271 g/mol. The fraction of sp³-hybridized carbons (Fsp3) is 0.471. The van der Waals surface area contributed by atoms with Crippen LogP contribution in [0.1, 0.15) is 43.2 Å². The molecule has 0 unspecified atom stereocenters. The van der Waals surface area contributed by atoms with E-state index in [2.05, 4.69) is 17.2 Å². The maximum Gasteiger partial charge on any atom is 0.220 e. The van der Waals surface area contributed by atoms with E-state index < -0.39 is 0 Å². The Morgan fingerprint density at radius 1 is 1.25 bits per heavy atom. The number of carbonyl (C=O) groups excluding carboxylic acids is 1. The minimum absolute atomic E-state index is 0.126. The summed E-state index contributed by atoms with van der Waals surface area (Å²) in [6.07, 6.45) is 5.61. The summed E-state index contributed by atoms with van der Waals surface area (Å²) in [5.41, 5.74) is 1.94. The molecule has 2 rings (SSSR count). The van der Waals surface area contributed by atoms with Crippen molar-refractivity contribution in [1.82, 2.24) is 5.32 Å². The van der Waals surface area contributed by atoms with Crippen molar-refractivity contribution in [3.05, 3.63) is 35.4 Å². The lowest BCUT2D eigenvalue weighted by Gasteiger charge is -2.09. The van der Waals surface area contributed by atoms with E-state index in [0.29, 0.717) is 18.9 Å². The molecule has 0 atom stereocenters. The molecule has 3 heteroatoms. The fourth-order valence-electron chi connectivity index (χ4n) is 2.60. The van der Waals surface area contributed by atoms with E-state index in [1.54, 1.807) is 0 Å². The first kappa shape index (κ1) is 14.6. The number of aliphatic hydroxyl groups is 1. The number of aliphatic hydroxyl groups excluding tert-OH is 1. The molecule has 106 valence electrons. The smallest absolute Gasteiger partial charge is 0.220 e. The lowest BCUT2D eigenvalue weighted by Crippen LogP contribution is -2.24. The van der Waals surface area contributed by atoms with Crippen molar-refractivity contribution < 1.29 is 9.90 Å². The van der Waals surface area contributed by atoms with Gasteiger partial charge in [0.15, 0.2) is 0 Å². The van der Waals surface area contributed by atoms with Crippen molar-refractivity contribution in [2.45, 2.75) is 38.6 Å². The topological polar surface area (TPSA) is 49.3 Å². The van der Waals surface area contributed by atoms with Crippen LogP contribution in [0.4, 0.5) is 0 Å². The molecule has 0 spiro atoms. The molecule has 1 aromatic carbocycles. The Bertz CT molecular complexity index is 490. The predicted octanol–water partition coefficient (Wildman–Crippen LogP) is 2.23. The molecule has 0 bridgehead atoms. The van der Waals surface area contributed by atoms with Gasteiger partial charge in [-0.25, -0.2) is 0 Å². The van der Waals surface area contributed by atoms with Crippen LogP contribution >= 0.6 is 0 Å². The van der Waals surface area contributed by atoms with Gasteiger partial charge in [-0.05, 0) is 36.5 Å². The van der Waals surface area contributed by atoms with E-state index in [0.717, 1.165) is 11.1 Å². The molecule has 0 saturated heterocycles. The van der Waals surface area contributed by atoms with Crippen LogP contribution in [-0.2, 0) is 11.3 Å². The molecule has 20 heavy (non-hydrogen) atoms. The molecule has 0 aromatic heterocycles. The normalized spacial score (nSPS) is 14.7. The van der Waals surface area contributed by atoms with Crippen molar-refractivity contribution in [3.8, 4) is 11.8 Å². The van der Waals surface area contributed by atoms with Crippen molar-refractivity contribution in [2.24, 2.45) is 5.92 Å². The summed E-state index contributed by atoms with van der Waals surface area (Å²) < 4.78 is 0. The van der Waals surface area contributed by atoms with E-state index in [1.807, 2.05) is 24.3 Å². The number of carbonyl (C=O) groups is 1. The van der Waals surface area contributed by atoms with Crippen LogP contribution in [0.15, 0.2) is 24.3 Å². The van der Waals surface area contributed by atoms with Gasteiger partial charge >= 0.3 is 0 Å². The summed E-state index contributed by atoms with van der Waals surface area (Å²) in [5, 5.41) is 11.6. The summed E-state index contributed by atoms with van der Waals surface area (Å²) >= 11 is 0. The Morgan fingerprint density at radius 3 is 2.60 bits per heavy atom. The summed E-state index contributed by atoms with van der Waals surface area (Å²) in [7, 11) is 0.